The van der Waals surface area contributed by atoms with E-state index in [9.17, 15) is 4.79 Å². The fourth-order valence-corrected chi connectivity index (χ4v) is 3.75. The largest absolute Gasteiger partial charge is 0.494 e. The first-order valence-corrected chi connectivity index (χ1v) is 11.4. The number of aromatic nitrogens is 4. The number of hydrogen-bond acceptors (Lipinski definition) is 6. The second kappa shape index (κ2) is 11.3. The molecule has 33 heavy (non-hydrogen) atoms. The molecule has 0 unspecified atom stereocenters. The van der Waals surface area contributed by atoms with Crippen molar-refractivity contribution in [2.75, 3.05) is 11.9 Å². The van der Waals surface area contributed by atoms with E-state index in [1.54, 1.807) is 6.33 Å². The number of nitrogens with one attached hydrogen (secondary N) is 2. The van der Waals surface area contributed by atoms with Gasteiger partial charge in [0.15, 0.2) is 5.65 Å². The number of carboxylic acids is 1. The summed E-state index contributed by atoms with van der Waals surface area (Å²) in [5, 5.41) is 11.9. The Bertz CT molecular complexity index is 1130. The van der Waals surface area contributed by atoms with Gasteiger partial charge < -0.3 is 20.1 Å². The SMILES string of the molecule is O=C(O)CCCCCCOc1ccc(Nc2nc(CC3=CCCC=C3)c3[nH]cnc3n2)cc1. The van der Waals surface area contributed by atoms with E-state index in [1.165, 1.54) is 5.57 Å². The van der Waals surface area contributed by atoms with Crippen molar-refractivity contribution in [2.45, 2.75) is 51.4 Å². The lowest BCUT2D eigenvalue weighted by Crippen LogP contribution is -2.03. The Balaban J connectivity index is 1.32. The zero-order valence-electron chi connectivity index (χ0n) is 18.6. The lowest BCUT2D eigenvalue weighted by atomic mass is 10.0. The monoisotopic (exact) mass is 447 g/mol. The number of carboxylic acid groups (broad SMARTS) is 1. The summed E-state index contributed by atoms with van der Waals surface area (Å²) in [5.74, 6) is 0.580. The van der Waals surface area contributed by atoms with Crippen LogP contribution >= 0.6 is 0 Å². The van der Waals surface area contributed by atoms with Crippen LogP contribution in [-0.2, 0) is 11.2 Å². The number of fused-ring (bicyclic) bond motifs is 1. The van der Waals surface area contributed by atoms with Gasteiger partial charge in [0.05, 0.1) is 18.6 Å². The Morgan fingerprint density at radius 1 is 1.09 bits per heavy atom. The van der Waals surface area contributed by atoms with Crippen molar-refractivity contribution in [2.24, 2.45) is 0 Å². The summed E-state index contributed by atoms with van der Waals surface area (Å²) >= 11 is 0. The molecule has 0 aliphatic heterocycles. The number of nitrogens with zero attached hydrogens (tertiary/aromatic N) is 3. The first-order chi connectivity index (χ1) is 16.2. The van der Waals surface area contributed by atoms with Gasteiger partial charge in [-0.25, -0.2) is 9.97 Å². The third-order valence-electron chi connectivity index (χ3n) is 5.47. The summed E-state index contributed by atoms with van der Waals surface area (Å²) in [7, 11) is 0. The average Bonchev–Trinajstić information content (AvgIpc) is 3.29. The fourth-order valence-electron chi connectivity index (χ4n) is 3.75. The van der Waals surface area contributed by atoms with Crippen molar-refractivity contribution < 1.29 is 14.6 Å². The maximum atomic E-state index is 10.5. The second-order valence-electron chi connectivity index (χ2n) is 8.09. The molecule has 0 saturated carbocycles. The van der Waals surface area contributed by atoms with Crippen LogP contribution in [-0.4, -0.2) is 37.6 Å². The molecule has 0 amide bonds. The molecule has 3 N–H and O–H groups in total. The maximum absolute atomic E-state index is 10.5. The highest BCUT2D eigenvalue weighted by molar-refractivity contribution is 5.75. The first kappa shape index (κ1) is 22.5. The van der Waals surface area contributed by atoms with E-state index >= 15 is 0 Å². The Labute approximate surface area is 192 Å². The van der Waals surface area contributed by atoms with Crippen molar-refractivity contribution in [1.29, 1.82) is 0 Å². The molecule has 172 valence electrons. The number of allylic oxidation sites excluding steroid dienone is 4. The Morgan fingerprint density at radius 2 is 1.94 bits per heavy atom. The average molecular weight is 448 g/mol. The maximum Gasteiger partial charge on any atom is 0.303 e. The molecule has 4 rings (SSSR count). The summed E-state index contributed by atoms with van der Waals surface area (Å²) < 4.78 is 5.79. The van der Waals surface area contributed by atoms with Gasteiger partial charge in [-0.05, 0) is 55.5 Å². The summed E-state index contributed by atoms with van der Waals surface area (Å²) in [6.07, 6.45) is 14.9. The standard InChI is InChI=1S/C25H29N5O3/c31-22(32)10-6-1-2-7-15-33-20-13-11-19(12-14-20)28-25-29-21(16-18-8-4-3-5-9-18)23-24(30-25)27-17-26-23/h4,8-9,11-14,17H,1-3,5-7,10,15-16H2,(H,31,32)(H2,26,27,28,29,30). The number of H-pyrrole nitrogens is 1. The highest BCUT2D eigenvalue weighted by Gasteiger charge is 2.12. The van der Waals surface area contributed by atoms with Gasteiger partial charge in [0.25, 0.3) is 0 Å². The molecule has 1 aliphatic rings. The van der Waals surface area contributed by atoms with E-state index < -0.39 is 5.97 Å². The molecule has 2 aromatic heterocycles. The summed E-state index contributed by atoms with van der Waals surface area (Å²) in [5.41, 5.74) is 4.55. The van der Waals surface area contributed by atoms with Gasteiger partial charge in [0.1, 0.15) is 11.3 Å². The van der Waals surface area contributed by atoms with Crippen LogP contribution in [0.3, 0.4) is 0 Å². The number of imidazole rings is 1. The first-order valence-electron chi connectivity index (χ1n) is 11.4. The predicted molar refractivity (Wildman–Crippen MR) is 128 cm³/mol. The third kappa shape index (κ3) is 6.65. The normalized spacial score (nSPS) is 13.2. The number of ether oxygens (including phenoxy) is 1. The zero-order chi connectivity index (χ0) is 22.9. The van der Waals surface area contributed by atoms with Gasteiger partial charge in [0.2, 0.25) is 5.95 Å². The molecule has 8 nitrogen and oxygen atoms in total. The predicted octanol–water partition coefficient (Wildman–Crippen LogP) is 5.33. The molecule has 0 saturated heterocycles. The van der Waals surface area contributed by atoms with Crippen LogP contribution in [0.1, 0.15) is 50.6 Å². The molecule has 0 bridgehead atoms. The van der Waals surface area contributed by atoms with Gasteiger partial charge in [-0.1, -0.05) is 31.1 Å². The zero-order valence-corrected chi connectivity index (χ0v) is 18.6. The van der Waals surface area contributed by atoms with Crippen LogP contribution in [0, 0.1) is 0 Å². The van der Waals surface area contributed by atoms with E-state index in [-0.39, 0.29) is 6.42 Å². The quantitative estimate of drug-likeness (QED) is 0.322. The number of benzene rings is 1. The fraction of sp³-hybridized carbons (Fsp3) is 0.360. The van der Waals surface area contributed by atoms with E-state index in [2.05, 4.69) is 38.5 Å². The molecular formula is C25H29N5O3. The van der Waals surface area contributed by atoms with Gasteiger partial charge >= 0.3 is 5.97 Å². The smallest absolute Gasteiger partial charge is 0.303 e. The number of anilines is 2. The number of unbranched alkanes of at least 4 members (excludes halogenated alkanes) is 3. The Hall–Kier alpha value is -3.68. The van der Waals surface area contributed by atoms with Gasteiger partial charge in [-0.15, -0.1) is 0 Å². The molecule has 1 aliphatic carbocycles. The van der Waals surface area contributed by atoms with Crippen LogP contribution < -0.4 is 10.1 Å². The van der Waals surface area contributed by atoms with E-state index in [1.807, 2.05) is 24.3 Å². The highest BCUT2D eigenvalue weighted by atomic mass is 16.5. The van der Waals surface area contributed by atoms with Crippen LogP contribution in [0.15, 0.2) is 54.4 Å². The molecule has 3 aromatic rings. The van der Waals surface area contributed by atoms with Crippen molar-refractivity contribution in [3.8, 4) is 5.75 Å². The van der Waals surface area contributed by atoms with Crippen molar-refractivity contribution in [3.05, 3.63) is 60.1 Å². The Kier molecular flexibility index (Phi) is 7.68. The van der Waals surface area contributed by atoms with Crippen molar-refractivity contribution >= 4 is 28.8 Å². The molecule has 0 atom stereocenters. The molecule has 2 heterocycles. The number of rotatable bonds is 12. The minimum absolute atomic E-state index is 0.239. The molecular weight excluding hydrogens is 418 g/mol. The van der Waals surface area contributed by atoms with Gasteiger partial charge in [-0.2, -0.15) is 4.98 Å². The van der Waals surface area contributed by atoms with Crippen LogP contribution in [0.4, 0.5) is 11.6 Å². The third-order valence-corrected chi connectivity index (χ3v) is 5.47. The molecule has 0 radical (unpaired) electrons. The van der Waals surface area contributed by atoms with Gasteiger partial charge in [-0.3, -0.25) is 4.79 Å². The molecule has 0 fully saturated rings. The number of carbonyl (C=O) groups is 1. The molecule has 1 aromatic carbocycles. The van der Waals surface area contributed by atoms with E-state index in [4.69, 9.17) is 14.8 Å². The Morgan fingerprint density at radius 3 is 2.73 bits per heavy atom. The lowest BCUT2D eigenvalue weighted by Gasteiger charge is -2.11. The lowest BCUT2D eigenvalue weighted by molar-refractivity contribution is -0.137. The number of hydrogen-bond donors (Lipinski definition) is 3. The molecule has 8 heteroatoms. The van der Waals surface area contributed by atoms with Crippen molar-refractivity contribution in [3.63, 3.8) is 0 Å². The van der Waals surface area contributed by atoms with E-state index in [0.29, 0.717) is 18.2 Å². The topological polar surface area (TPSA) is 113 Å². The summed E-state index contributed by atoms with van der Waals surface area (Å²) in [6, 6.07) is 7.70. The summed E-state index contributed by atoms with van der Waals surface area (Å²) in [6.45, 7) is 0.618. The van der Waals surface area contributed by atoms with Gasteiger partial charge in [0, 0.05) is 18.5 Å². The minimum Gasteiger partial charge on any atom is -0.494 e. The second-order valence-corrected chi connectivity index (χ2v) is 8.09. The molecule has 0 spiro atoms. The van der Waals surface area contributed by atoms with Crippen LogP contribution in [0.25, 0.3) is 11.2 Å². The summed E-state index contributed by atoms with van der Waals surface area (Å²) in [4.78, 5) is 27.3. The van der Waals surface area contributed by atoms with Crippen molar-refractivity contribution in [1.82, 2.24) is 19.9 Å². The number of aliphatic carboxylic acids is 1. The van der Waals surface area contributed by atoms with E-state index in [0.717, 1.165) is 67.6 Å². The van der Waals surface area contributed by atoms with Crippen LogP contribution in [0.2, 0.25) is 0 Å². The minimum atomic E-state index is -0.732. The highest BCUT2D eigenvalue weighted by Crippen LogP contribution is 2.23. The number of aromatic amines is 1. The van der Waals surface area contributed by atoms with Crippen LogP contribution in [0.5, 0.6) is 5.75 Å².